The van der Waals surface area contributed by atoms with E-state index in [1.54, 1.807) is 6.26 Å². The second-order valence-electron chi connectivity index (χ2n) is 4.78. The Morgan fingerprint density at radius 3 is 2.91 bits per heavy atom. The normalized spacial score (nSPS) is 12.1. The van der Waals surface area contributed by atoms with Gasteiger partial charge in [-0.2, -0.15) is 5.10 Å². The van der Waals surface area contributed by atoms with Crippen LogP contribution in [0.4, 0.5) is 5.82 Å². The van der Waals surface area contributed by atoms with Crippen molar-refractivity contribution in [2.24, 2.45) is 5.10 Å². The number of nitrogens with one attached hydrogen (secondary N) is 1. The molecule has 0 bridgehead atoms. The summed E-state index contributed by atoms with van der Waals surface area (Å²) in [5.41, 5.74) is 5.75. The molecule has 0 unspecified atom stereocenters. The lowest BCUT2D eigenvalue weighted by Crippen LogP contribution is -2.00. The predicted octanol–water partition coefficient (Wildman–Crippen LogP) is 3.81. The van der Waals surface area contributed by atoms with E-state index in [0.717, 1.165) is 16.5 Å². The highest BCUT2D eigenvalue weighted by molar-refractivity contribution is 6.05. The monoisotopic (exact) mass is 292 g/mol. The van der Waals surface area contributed by atoms with Crippen LogP contribution < -0.4 is 5.43 Å². The Kier molecular flexibility index (Phi) is 2.86. The van der Waals surface area contributed by atoms with Crippen molar-refractivity contribution >= 4 is 33.6 Å². The molecule has 4 aromatic rings. The number of hydrogen-bond donors (Lipinski definition) is 1. The zero-order chi connectivity index (χ0) is 14.9. The smallest absolute Gasteiger partial charge is 0.197 e. The van der Waals surface area contributed by atoms with E-state index in [1.165, 1.54) is 6.33 Å². The van der Waals surface area contributed by atoms with Crippen molar-refractivity contribution in [3.05, 3.63) is 54.7 Å². The Hall–Kier alpha value is -3.15. The molecule has 0 atom stereocenters. The fourth-order valence-corrected chi connectivity index (χ4v) is 2.28. The van der Waals surface area contributed by atoms with E-state index in [-0.39, 0.29) is 0 Å². The fourth-order valence-electron chi connectivity index (χ4n) is 2.28. The first kappa shape index (κ1) is 12.6. The SMILES string of the molecule is C/C(=N\Nc1ncnc2c1oc1ccccc12)c1ccco1. The first-order chi connectivity index (χ1) is 10.8. The molecule has 0 aliphatic heterocycles. The lowest BCUT2D eigenvalue weighted by atomic mass is 10.2. The number of hydrogen-bond acceptors (Lipinski definition) is 6. The minimum Gasteiger partial charge on any atom is -0.463 e. The number of rotatable bonds is 3. The van der Waals surface area contributed by atoms with E-state index >= 15 is 0 Å². The zero-order valence-electron chi connectivity index (χ0n) is 11.8. The van der Waals surface area contributed by atoms with Gasteiger partial charge in [0.05, 0.1) is 6.26 Å². The number of para-hydroxylation sites is 1. The van der Waals surface area contributed by atoms with Crippen LogP contribution in [-0.4, -0.2) is 15.7 Å². The molecule has 0 aliphatic carbocycles. The van der Waals surface area contributed by atoms with Crippen LogP contribution in [0.15, 0.2) is 62.9 Å². The summed E-state index contributed by atoms with van der Waals surface area (Å²) in [6.07, 6.45) is 3.10. The second-order valence-corrected chi connectivity index (χ2v) is 4.78. The standard InChI is InChI=1S/C16H12N4O2/c1-10(12-7-4-8-21-12)19-20-16-15-14(17-9-18-16)11-5-2-3-6-13(11)22-15/h2-9H,1H3,(H,17,18,20)/b19-10+. The van der Waals surface area contributed by atoms with Gasteiger partial charge in [0.1, 0.15) is 28.9 Å². The highest BCUT2D eigenvalue weighted by Gasteiger charge is 2.12. The number of fused-ring (bicyclic) bond motifs is 3. The van der Waals surface area contributed by atoms with Gasteiger partial charge < -0.3 is 8.83 Å². The van der Waals surface area contributed by atoms with E-state index in [0.29, 0.717) is 22.9 Å². The molecule has 108 valence electrons. The Bertz CT molecular complexity index is 970. The average Bonchev–Trinajstić information content (AvgIpc) is 3.20. The molecule has 6 nitrogen and oxygen atoms in total. The molecule has 4 rings (SSSR count). The average molecular weight is 292 g/mol. The van der Waals surface area contributed by atoms with E-state index in [4.69, 9.17) is 8.83 Å². The molecule has 0 aliphatic rings. The number of aromatic nitrogens is 2. The van der Waals surface area contributed by atoms with Gasteiger partial charge in [-0.25, -0.2) is 9.97 Å². The highest BCUT2D eigenvalue weighted by atomic mass is 16.3. The third kappa shape index (κ3) is 2.01. The van der Waals surface area contributed by atoms with Gasteiger partial charge in [-0.05, 0) is 31.2 Å². The number of hydrazone groups is 1. The Morgan fingerprint density at radius 1 is 1.14 bits per heavy atom. The number of anilines is 1. The summed E-state index contributed by atoms with van der Waals surface area (Å²) in [6, 6.07) is 11.4. The molecule has 0 radical (unpaired) electrons. The first-order valence-electron chi connectivity index (χ1n) is 6.79. The highest BCUT2D eigenvalue weighted by Crippen LogP contribution is 2.30. The van der Waals surface area contributed by atoms with Gasteiger partial charge in [0.2, 0.25) is 0 Å². The van der Waals surface area contributed by atoms with Crippen molar-refractivity contribution < 1.29 is 8.83 Å². The first-order valence-corrected chi connectivity index (χ1v) is 6.79. The summed E-state index contributed by atoms with van der Waals surface area (Å²) in [7, 11) is 0. The largest absolute Gasteiger partial charge is 0.463 e. The van der Waals surface area contributed by atoms with Crippen LogP contribution in [0, 0.1) is 0 Å². The van der Waals surface area contributed by atoms with Crippen LogP contribution in [0.5, 0.6) is 0 Å². The van der Waals surface area contributed by atoms with Crippen LogP contribution in [0.2, 0.25) is 0 Å². The molecular formula is C16H12N4O2. The van der Waals surface area contributed by atoms with Crippen LogP contribution in [-0.2, 0) is 0 Å². The lowest BCUT2D eigenvalue weighted by molar-refractivity contribution is 0.557. The second kappa shape index (κ2) is 5.00. The fraction of sp³-hybridized carbons (Fsp3) is 0.0625. The minimum absolute atomic E-state index is 0.520. The molecular weight excluding hydrogens is 280 g/mol. The van der Waals surface area contributed by atoms with Crippen molar-refractivity contribution in [3.63, 3.8) is 0 Å². The van der Waals surface area contributed by atoms with Crippen molar-refractivity contribution in [1.29, 1.82) is 0 Å². The van der Waals surface area contributed by atoms with Gasteiger partial charge >= 0.3 is 0 Å². The lowest BCUT2D eigenvalue weighted by Gasteiger charge is -2.00. The Labute approximate surface area is 125 Å². The topological polar surface area (TPSA) is 76.5 Å². The third-order valence-electron chi connectivity index (χ3n) is 3.37. The van der Waals surface area contributed by atoms with Crippen molar-refractivity contribution in [2.45, 2.75) is 6.92 Å². The van der Waals surface area contributed by atoms with Gasteiger partial charge in [-0.15, -0.1) is 0 Å². The van der Waals surface area contributed by atoms with Crippen LogP contribution >= 0.6 is 0 Å². The van der Waals surface area contributed by atoms with Gasteiger partial charge in [0.15, 0.2) is 11.4 Å². The van der Waals surface area contributed by atoms with Gasteiger partial charge in [0.25, 0.3) is 0 Å². The van der Waals surface area contributed by atoms with Gasteiger partial charge in [0, 0.05) is 5.39 Å². The summed E-state index contributed by atoms with van der Waals surface area (Å²) in [4.78, 5) is 8.50. The molecule has 0 saturated heterocycles. The summed E-state index contributed by atoms with van der Waals surface area (Å²) in [5.74, 6) is 1.22. The molecule has 22 heavy (non-hydrogen) atoms. The van der Waals surface area contributed by atoms with Crippen LogP contribution in [0.3, 0.4) is 0 Å². The van der Waals surface area contributed by atoms with Crippen LogP contribution in [0.1, 0.15) is 12.7 Å². The molecule has 1 N–H and O–H groups in total. The summed E-state index contributed by atoms with van der Waals surface area (Å²) in [5, 5.41) is 5.23. The molecule has 0 amide bonds. The summed E-state index contributed by atoms with van der Waals surface area (Å²) in [6.45, 7) is 1.85. The molecule has 0 saturated carbocycles. The minimum atomic E-state index is 0.520. The molecule has 0 spiro atoms. The van der Waals surface area contributed by atoms with E-state index in [1.807, 2.05) is 43.3 Å². The van der Waals surface area contributed by atoms with Crippen molar-refractivity contribution in [2.75, 3.05) is 5.43 Å². The van der Waals surface area contributed by atoms with Crippen LogP contribution in [0.25, 0.3) is 22.1 Å². The quantitative estimate of drug-likeness (QED) is 0.459. The predicted molar refractivity (Wildman–Crippen MR) is 83.9 cm³/mol. The number of benzene rings is 1. The molecule has 3 aromatic heterocycles. The Balaban J connectivity index is 1.77. The van der Waals surface area contributed by atoms with Crippen molar-refractivity contribution in [1.82, 2.24) is 9.97 Å². The molecule has 6 heteroatoms. The molecule has 3 heterocycles. The molecule has 1 aromatic carbocycles. The maximum absolute atomic E-state index is 5.83. The number of furan rings is 2. The zero-order valence-corrected chi connectivity index (χ0v) is 11.8. The maximum atomic E-state index is 5.83. The van der Waals surface area contributed by atoms with E-state index in [2.05, 4.69) is 20.5 Å². The van der Waals surface area contributed by atoms with Gasteiger partial charge in [-0.1, -0.05) is 12.1 Å². The molecule has 0 fully saturated rings. The van der Waals surface area contributed by atoms with Crippen molar-refractivity contribution in [3.8, 4) is 0 Å². The number of nitrogens with zero attached hydrogens (tertiary/aromatic N) is 3. The maximum Gasteiger partial charge on any atom is 0.197 e. The summed E-state index contributed by atoms with van der Waals surface area (Å²) >= 11 is 0. The van der Waals surface area contributed by atoms with E-state index in [9.17, 15) is 0 Å². The van der Waals surface area contributed by atoms with E-state index < -0.39 is 0 Å². The summed E-state index contributed by atoms with van der Waals surface area (Å²) < 4.78 is 11.1. The van der Waals surface area contributed by atoms with Gasteiger partial charge in [-0.3, -0.25) is 5.43 Å². The third-order valence-corrected chi connectivity index (χ3v) is 3.37. The Morgan fingerprint density at radius 2 is 2.05 bits per heavy atom.